The second-order valence-corrected chi connectivity index (χ2v) is 9.66. The minimum Gasteiger partial charge on any atom is -0.454 e. The molecule has 6 heteroatoms. The molecule has 0 atom stereocenters. The molecule has 6 aliphatic rings. The molecule has 148 valence electrons. The highest BCUT2D eigenvalue weighted by molar-refractivity contribution is 5.96. The van der Waals surface area contributed by atoms with Crippen LogP contribution in [0.5, 0.6) is 11.5 Å². The number of nitrogens with zero attached hydrogens (tertiary/aromatic N) is 1. The van der Waals surface area contributed by atoms with Crippen molar-refractivity contribution in [3.8, 4) is 11.5 Å². The summed E-state index contributed by atoms with van der Waals surface area (Å²) in [6, 6.07) is 5.26. The Morgan fingerprint density at radius 2 is 1.61 bits per heavy atom. The Morgan fingerprint density at radius 3 is 2.29 bits per heavy atom. The first-order chi connectivity index (χ1) is 13.6. The van der Waals surface area contributed by atoms with Crippen molar-refractivity contribution in [1.82, 2.24) is 10.2 Å². The highest BCUT2D eigenvalue weighted by atomic mass is 16.7. The molecule has 0 radical (unpaired) electrons. The maximum absolute atomic E-state index is 12.9. The van der Waals surface area contributed by atoms with E-state index in [9.17, 15) is 9.59 Å². The van der Waals surface area contributed by atoms with Crippen LogP contribution in [0.3, 0.4) is 0 Å². The molecule has 0 spiro atoms. The molecule has 2 amide bonds. The second-order valence-electron chi connectivity index (χ2n) is 9.66. The van der Waals surface area contributed by atoms with E-state index in [1.165, 1.54) is 19.3 Å². The summed E-state index contributed by atoms with van der Waals surface area (Å²) in [7, 11) is 0. The summed E-state index contributed by atoms with van der Waals surface area (Å²) in [5, 5.41) is 3.45. The van der Waals surface area contributed by atoms with E-state index in [1.54, 1.807) is 23.1 Å². The van der Waals surface area contributed by atoms with Crippen LogP contribution >= 0.6 is 0 Å². The van der Waals surface area contributed by atoms with Crippen LogP contribution in [0.15, 0.2) is 18.2 Å². The van der Waals surface area contributed by atoms with Crippen molar-refractivity contribution >= 4 is 11.8 Å². The van der Waals surface area contributed by atoms with E-state index in [0.717, 1.165) is 37.0 Å². The Hall–Kier alpha value is -2.24. The number of benzene rings is 1. The molecule has 1 aromatic rings. The lowest BCUT2D eigenvalue weighted by Gasteiger charge is -2.57. The summed E-state index contributed by atoms with van der Waals surface area (Å²) in [5.41, 5.74) is 0.636. The second kappa shape index (κ2) is 5.88. The van der Waals surface area contributed by atoms with Crippen LogP contribution in [0.2, 0.25) is 0 Å². The lowest BCUT2D eigenvalue weighted by molar-refractivity contribution is -0.134. The van der Waals surface area contributed by atoms with E-state index in [0.29, 0.717) is 30.2 Å². The fourth-order valence-corrected chi connectivity index (χ4v) is 6.65. The molecule has 1 saturated heterocycles. The minimum atomic E-state index is -0.0778. The Bertz CT molecular complexity index is 810. The lowest BCUT2D eigenvalue weighted by atomic mass is 9.53. The molecule has 1 N–H and O–H groups in total. The molecular formula is C22H26N2O4. The predicted octanol–water partition coefficient (Wildman–Crippen LogP) is 2.57. The minimum absolute atomic E-state index is 0.0443. The summed E-state index contributed by atoms with van der Waals surface area (Å²) in [5.74, 6) is 3.77. The van der Waals surface area contributed by atoms with E-state index in [-0.39, 0.29) is 30.1 Å². The van der Waals surface area contributed by atoms with Crippen molar-refractivity contribution < 1.29 is 19.1 Å². The number of ether oxygens (including phenoxy) is 2. The average Bonchev–Trinajstić information content (AvgIpc) is 3.06. The van der Waals surface area contributed by atoms with Gasteiger partial charge in [-0.25, -0.2) is 0 Å². The number of hydrogen-bond acceptors (Lipinski definition) is 4. The van der Waals surface area contributed by atoms with Gasteiger partial charge in [-0.05, 0) is 74.5 Å². The van der Waals surface area contributed by atoms with Gasteiger partial charge in [0.1, 0.15) is 0 Å². The molecular weight excluding hydrogens is 356 g/mol. The van der Waals surface area contributed by atoms with Crippen LogP contribution in [-0.2, 0) is 4.79 Å². The van der Waals surface area contributed by atoms with Crippen LogP contribution in [0, 0.1) is 23.7 Å². The van der Waals surface area contributed by atoms with Crippen LogP contribution in [0.25, 0.3) is 0 Å². The van der Waals surface area contributed by atoms with Gasteiger partial charge in [0.05, 0.1) is 5.92 Å². The number of hydrogen-bond donors (Lipinski definition) is 1. The fourth-order valence-electron chi connectivity index (χ4n) is 6.65. The quantitative estimate of drug-likeness (QED) is 0.873. The van der Waals surface area contributed by atoms with Gasteiger partial charge in [-0.2, -0.15) is 0 Å². The van der Waals surface area contributed by atoms with Gasteiger partial charge in [-0.1, -0.05) is 0 Å². The Balaban J connectivity index is 1.08. The molecule has 28 heavy (non-hydrogen) atoms. The third-order valence-corrected chi connectivity index (χ3v) is 7.59. The van der Waals surface area contributed by atoms with Gasteiger partial charge in [-0.3, -0.25) is 9.59 Å². The Labute approximate surface area is 164 Å². The van der Waals surface area contributed by atoms with Gasteiger partial charge in [0, 0.05) is 24.2 Å². The van der Waals surface area contributed by atoms with Crippen LogP contribution < -0.4 is 14.8 Å². The standard InChI is InChI=1S/C22H26N2O4/c25-20(23-22-7-13-3-14(8-22)5-15(4-13)9-22)17-10-24(11-17)21(26)16-1-2-18-19(6-16)28-12-27-18/h1-2,6,13-15,17H,3-5,7-12H2,(H,23,25). The number of carbonyl (C=O) groups is 2. The third-order valence-electron chi connectivity index (χ3n) is 7.59. The van der Waals surface area contributed by atoms with Crippen LogP contribution in [0.1, 0.15) is 48.9 Å². The maximum Gasteiger partial charge on any atom is 0.254 e. The average molecular weight is 382 g/mol. The highest BCUT2D eigenvalue weighted by Gasteiger charge is 2.52. The lowest BCUT2D eigenvalue weighted by Crippen LogP contribution is -2.64. The summed E-state index contributed by atoms with van der Waals surface area (Å²) in [6.45, 7) is 1.21. The zero-order valence-corrected chi connectivity index (χ0v) is 16.0. The molecule has 4 aliphatic carbocycles. The van der Waals surface area contributed by atoms with Crippen molar-refractivity contribution in [3.05, 3.63) is 23.8 Å². The van der Waals surface area contributed by atoms with Crippen molar-refractivity contribution in [3.63, 3.8) is 0 Å². The van der Waals surface area contributed by atoms with E-state index in [4.69, 9.17) is 9.47 Å². The zero-order valence-electron chi connectivity index (χ0n) is 16.0. The molecule has 7 rings (SSSR count). The van der Waals surface area contributed by atoms with Gasteiger partial charge >= 0.3 is 0 Å². The molecule has 0 aromatic heterocycles. The largest absolute Gasteiger partial charge is 0.454 e. The highest BCUT2D eigenvalue weighted by Crippen LogP contribution is 2.55. The summed E-state index contributed by atoms with van der Waals surface area (Å²) in [4.78, 5) is 27.3. The molecule has 2 heterocycles. The number of amides is 2. The van der Waals surface area contributed by atoms with E-state index < -0.39 is 0 Å². The molecule has 1 aromatic carbocycles. The van der Waals surface area contributed by atoms with E-state index >= 15 is 0 Å². The van der Waals surface area contributed by atoms with Gasteiger partial charge in [0.2, 0.25) is 12.7 Å². The fraction of sp³-hybridized carbons (Fsp3) is 0.636. The van der Waals surface area contributed by atoms with Crippen molar-refractivity contribution in [2.45, 2.75) is 44.1 Å². The number of nitrogens with one attached hydrogen (secondary N) is 1. The molecule has 4 saturated carbocycles. The summed E-state index contributed by atoms with van der Waals surface area (Å²) >= 11 is 0. The van der Waals surface area contributed by atoms with E-state index in [1.807, 2.05) is 0 Å². The predicted molar refractivity (Wildman–Crippen MR) is 101 cm³/mol. The van der Waals surface area contributed by atoms with Crippen molar-refractivity contribution in [2.75, 3.05) is 19.9 Å². The Morgan fingerprint density at radius 1 is 0.964 bits per heavy atom. The summed E-state index contributed by atoms with van der Waals surface area (Å²) in [6.07, 6.45) is 7.61. The van der Waals surface area contributed by atoms with Crippen LogP contribution in [-0.4, -0.2) is 42.1 Å². The first-order valence-electron chi connectivity index (χ1n) is 10.6. The molecule has 5 fully saturated rings. The normalized spacial score (nSPS) is 35.0. The first-order valence-corrected chi connectivity index (χ1v) is 10.6. The van der Waals surface area contributed by atoms with Gasteiger partial charge in [0.15, 0.2) is 11.5 Å². The third kappa shape index (κ3) is 2.60. The van der Waals surface area contributed by atoms with Crippen molar-refractivity contribution in [1.29, 1.82) is 0 Å². The summed E-state index contributed by atoms with van der Waals surface area (Å²) < 4.78 is 10.7. The molecule has 2 aliphatic heterocycles. The maximum atomic E-state index is 12.9. The Kier molecular flexibility index (Phi) is 3.50. The monoisotopic (exact) mass is 382 g/mol. The molecule has 0 unspecified atom stereocenters. The van der Waals surface area contributed by atoms with Gasteiger partial charge in [0.25, 0.3) is 5.91 Å². The smallest absolute Gasteiger partial charge is 0.254 e. The number of likely N-dealkylation sites (tertiary alicyclic amines) is 1. The number of rotatable bonds is 3. The number of fused-ring (bicyclic) bond motifs is 1. The van der Waals surface area contributed by atoms with E-state index in [2.05, 4.69) is 5.32 Å². The molecule has 6 nitrogen and oxygen atoms in total. The first kappa shape index (κ1) is 16.7. The SMILES string of the molecule is O=C(NC12CC3CC(CC(C3)C1)C2)C1CN(C(=O)c2ccc3c(c2)OCO3)C1. The van der Waals surface area contributed by atoms with Crippen molar-refractivity contribution in [2.24, 2.45) is 23.7 Å². The number of carbonyl (C=O) groups excluding carboxylic acids is 2. The topological polar surface area (TPSA) is 67.9 Å². The van der Waals surface area contributed by atoms with Gasteiger partial charge in [-0.15, -0.1) is 0 Å². The molecule has 4 bridgehead atoms. The van der Waals surface area contributed by atoms with Gasteiger partial charge < -0.3 is 19.7 Å². The zero-order chi connectivity index (χ0) is 18.9. The van der Waals surface area contributed by atoms with Crippen LogP contribution in [0.4, 0.5) is 0 Å².